The first-order valence-electron chi connectivity index (χ1n) is 6.83. The van der Waals surface area contributed by atoms with E-state index in [0.717, 1.165) is 12.0 Å². The molecule has 0 bridgehead atoms. The quantitative estimate of drug-likeness (QED) is 0.848. The first-order chi connectivity index (χ1) is 9.29. The Morgan fingerprint density at radius 3 is 2.60 bits per heavy atom. The molecular weight excluding hydrogens is 296 g/mol. The summed E-state index contributed by atoms with van der Waals surface area (Å²) in [6.45, 7) is 6.74. The molecule has 0 aliphatic heterocycles. The van der Waals surface area contributed by atoms with E-state index >= 15 is 0 Å². The first-order valence-corrected chi connectivity index (χ1v) is 8.70. The monoisotopic (exact) mass is 316 g/mol. The number of hydrogen-bond donors (Lipinski definition) is 2. The summed E-state index contributed by atoms with van der Waals surface area (Å²) in [5.74, 6) is 0.411. The second kappa shape index (κ2) is 6.02. The van der Waals surface area contributed by atoms with Gasteiger partial charge < -0.3 is 5.32 Å². The fourth-order valence-electron chi connectivity index (χ4n) is 1.93. The molecule has 1 aliphatic rings. The van der Waals surface area contributed by atoms with E-state index in [1.54, 1.807) is 12.1 Å². The van der Waals surface area contributed by atoms with Crippen LogP contribution in [0.1, 0.15) is 32.8 Å². The van der Waals surface area contributed by atoms with Crippen LogP contribution in [0.5, 0.6) is 0 Å². The van der Waals surface area contributed by atoms with Crippen LogP contribution < -0.4 is 10.0 Å². The van der Waals surface area contributed by atoms with Crippen molar-refractivity contribution in [3.05, 3.63) is 28.8 Å². The Hall–Kier alpha value is -0.620. The Bertz CT molecular complexity index is 587. The van der Waals surface area contributed by atoms with Crippen molar-refractivity contribution in [2.75, 3.05) is 0 Å². The molecule has 2 atom stereocenters. The summed E-state index contributed by atoms with van der Waals surface area (Å²) in [7, 11) is -3.53. The van der Waals surface area contributed by atoms with Crippen molar-refractivity contribution in [3.8, 4) is 0 Å². The third-order valence-corrected chi connectivity index (χ3v) is 5.39. The van der Waals surface area contributed by atoms with Gasteiger partial charge in [-0.2, -0.15) is 0 Å². The van der Waals surface area contributed by atoms with Crippen molar-refractivity contribution in [2.45, 2.75) is 50.7 Å². The lowest BCUT2D eigenvalue weighted by Crippen LogP contribution is -2.27. The molecular formula is C14H21ClN2O2S. The van der Waals surface area contributed by atoms with E-state index in [0.29, 0.717) is 18.5 Å². The van der Waals surface area contributed by atoms with Crippen molar-refractivity contribution in [1.82, 2.24) is 10.0 Å². The number of sulfonamides is 1. The number of rotatable bonds is 6. The van der Waals surface area contributed by atoms with Gasteiger partial charge in [-0.3, -0.25) is 0 Å². The van der Waals surface area contributed by atoms with Crippen LogP contribution in [0.2, 0.25) is 5.02 Å². The zero-order chi connectivity index (χ0) is 14.9. The number of nitrogens with one attached hydrogen (secondary N) is 2. The fourth-order valence-corrected chi connectivity index (χ4v) is 3.84. The van der Waals surface area contributed by atoms with E-state index in [1.807, 2.05) is 26.8 Å². The molecule has 1 aromatic carbocycles. The van der Waals surface area contributed by atoms with Gasteiger partial charge >= 0.3 is 0 Å². The van der Waals surface area contributed by atoms with E-state index in [1.165, 1.54) is 0 Å². The van der Waals surface area contributed by atoms with Crippen molar-refractivity contribution >= 4 is 21.6 Å². The van der Waals surface area contributed by atoms with Gasteiger partial charge in [0, 0.05) is 18.6 Å². The summed E-state index contributed by atoms with van der Waals surface area (Å²) in [5.41, 5.74) is 0.910. The topological polar surface area (TPSA) is 58.2 Å². The lowest BCUT2D eigenvalue weighted by molar-refractivity contribution is 0.576. The van der Waals surface area contributed by atoms with Crippen LogP contribution in [0.4, 0.5) is 0 Å². The highest BCUT2D eigenvalue weighted by Gasteiger charge is 2.37. The Kier molecular flexibility index (Phi) is 4.74. The second-order valence-electron chi connectivity index (χ2n) is 5.74. The highest BCUT2D eigenvalue weighted by Crippen LogP contribution is 2.32. The minimum absolute atomic E-state index is 0.0495. The maximum absolute atomic E-state index is 12.3. The lowest BCUT2D eigenvalue weighted by atomic mass is 10.2. The van der Waals surface area contributed by atoms with E-state index in [2.05, 4.69) is 10.0 Å². The third kappa shape index (κ3) is 3.95. The van der Waals surface area contributed by atoms with Crippen molar-refractivity contribution in [2.24, 2.45) is 5.92 Å². The van der Waals surface area contributed by atoms with Gasteiger partial charge in [0.15, 0.2) is 0 Å². The van der Waals surface area contributed by atoms with Gasteiger partial charge in [-0.25, -0.2) is 13.1 Å². The van der Waals surface area contributed by atoms with E-state index < -0.39 is 10.0 Å². The molecule has 1 aliphatic carbocycles. The van der Waals surface area contributed by atoms with Crippen LogP contribution in [-0.2, 0) is 16.6 Å². The summed E-state index contributed by atoms with van der Waals surface area (Å²) in [6.07, 6.45) is 0.894. The van der Waals surface area contributed by atoms with Crippen LogP contribution in [0, 0.1) is 5.92 Å². The molecule has 20 heavy (non-hydrogen) atoms. The van der Waals surface area contributed by atoms with Crippen LogP contribution in [-0.4, -0.2) is 20.5 Å². The zero-order valence-electron chi connectivity index (χ0n) is 12.0. The van der Waals surface area contributed by atoms with Gasteiger partial charge in [-0.1, -0.05) is 38.4 Å². The second-order valence-corrected chi connectivity index (χ2v) is 7.83. The molecule has 2 N–H and O–H groups in total. The predicted molar refractivity (Wildman–Crippen MR) is 81.3 cm³/mol. The molecule has 0 heterocycles. The van der Waals surface area contributed by atoms with Crippen LogP contribution in [0.15, 0.2) is 23.1 Å². The van der Waals surface area contributed by atoms with E-state index in [-0.39, 0.29) is 16.0 Å². The summed E-state index contributed by atoms with van der Waals surface area (Å²) in [5, 5.41) is 3.52. The summed E-state index contributed by atoms with van der Waals surface area (Å²) in [6, 6.07) is 5.53. The molecule has 112 valence electrons. The molecule has 0 aromatic heterocycles. The van der Waals surface area contributed by atoms with E-state index in [9.17, 15) is 8.42 Å². The van der Waals surface area contributed by atoms with Crippen LogP contribution in [0.25, 0.3) is 0 Å². The largest absolute Gasteiger partial charge is 0.310 e. The van der Waals surface area contributed by atoms with Crippen molar-refractivity contribution < 1.29 is 8.42 Å². The molecule has 0 amide bonds. The average molecular weight is 317 g/mol. The highest BCUT2D eigenvalue weighted by molar-refractivity contribution is 7.89. The molecule has 0 saturated heterocycles. The van der Waals surface area contributed by atoms with Gasteiger partial charge in [-0.05, 0) is 30.0 Å². The lowest BCUT2D eigenvalue weighted by Gasteiger charge is -2.12. The Labute approximate surface area is 126 Å². The van der Waals surface area contributed by atoms with Crippen molar-refractivity contribution in [3.63, 3.8) is 0 Å². The Morgan fingerprint density at radius 1 is 1.40 bits per heavy atom. The van der Waals surface area contributed by atoms with Crippen molar-refractivity contribution in [1.29, 1.82) is 0 Å². The standard InChI is InChI=1S/C14H21ClN2O2S/c1-9(2)16-8-11-4-5-12(15)14(7-11)20(18,19)17-13-6-10(13)3/h4-5,7,9-10,13,16-17H,6,8H2,1-3H3. The number of halogens is 1. The molecule has 1 fully saturated rings. The molecule has 6 heteroatoms. The van der Waals surface area contributed by atoms with Gasteiger partial charge in [0.1, 0.15) is 4.90 Å². The Balaban J connectivity index is 2.19. The molecule has 1 aromatic rings. The first kappa shape index (κ1) is 15.8. The summed E-state index contributed by atoms with van der Waals surface area (Å²) < 4.78 is 27.3. The minimum atomic E-state index is -3.53. The third-order valence-electron chi connectivity index (χ3n) is 3.42. The molecule has 0 radical (unpaired) electrons. The van der Waals surface area contributed by atoms with Crippen LogP contribution in [0.3, 0.4) is 0 Å². The maximum Gasteiger partial charge on any atom is 0.242 e. The van der Waals surface area contributed by atoms with Gasteiger partial charge in [0.05, 0.1) is 5.02 Å². The fraction of sp³-hybridized carbons (Fsp3) is 0.571. The van der Waals surface area contributed by atoms with Gasteiger partial charge in [0.25, 0.3) is 0 Å². The average Bonchev–Trinajstić information content (AvgIpc) is 3.02. The molecule has 1 saturated carbocycles. The van der Waals surface area contributed by atoms with Crippen LogP contribution >= 0.6 is 11.6 Å². The van der Waals surface area contributed by atoms with Gasteiger partial charge in [-0.15, -0.1) is 0 Å². The molecule has 2 unspecified atom stereocenters. The van der Waals surface area contributed by atoms with E-state index in [4.69, 9.17) is 11.6 Å². The summed E-state index contributed by atoms with van der Waals surface area (Å²) in [4.78, 5) is 0.168. The zero-order valence-corrected chi connectivity index (χ0v) is 13.6. The maximum atomic E-state index is 12.3. The van der Waals surface area contributed by atoms with Gasteiger partial charge in [0.2, 0.25) is 10.0 Å². The SMILES string of the molecule is CC(C)NCc1ccc(Cl)c(S(=O)(=O)NC2CC2C)c1. The highest BCUT2D eigenvalue weighted by atomic mass is 35.5. The molecule has 0 spiro atoms. The predicted octanol–water partition coefficient (Wildman–Crippen LogP) is 2.52. The molecule has 2 rings (SSSR count). The normalized spacial score (nSPS) is 22.2. The molecule has 4 nitrogen and oxygen atoms in total. The minimum Gasteiger partial charge on any atom is -0.310 e. The smallest absolute Gasteiger partial charge is 0.242 e. The Morgan fingerprint density at radius 2 is 2.05 bits per heavy atom. The number of benzene rings is 1. The summed E-state index contributed by atoms with van der Waals surface area (Å²) >= 11 is 6.04. The number of hydrogen-bond acceptors (Lipinski definition) is 3.